The zero-order valence-electron chi connectivity index (χ0n) is 13.1. The van der Waals surface area contributed by atoms with E-state index < -0.39 is 0 Å². The van der Waals surface area contributed by atoms with E-state index in [2.05, 4.69) is 42.3 Å². The molecule has 114 valence electrons. The third kappa shape index (κ3) is 3.27. The van der Waals surface area contributed by atoms with Crippen molar-refractivity contribution in [1.82, 2.24) is 9.88 Å². The first-order valence-electron chi connectivity index (χ1n) is 7.71. The molecule has 2 aromatic rings. The van der Waals surface area contributed by atoms with E-state index in [9.17, 15) is 4.79 Å². The highest BCUT2D eigenvalue weighted by Crippen LogP contribution is 2.21. The van der Waals surface area contributed by atoms with Crippen molar-refractivity contribution in [2.75, 3.05) is 18.4 Å². The van der Waals surface area contributed by atoms with E-state index in [0.717, 1.165) is 37.3 Å². The molecule has 1 N–H and O–H groups in total. The van der Waals surface area contributed by atoms with Crippen LogP contribution in [0.4, 0.5) is 11.4 Å². The Balaban J connectivity index is 1.80. The molecule has 1 saturated heterocycles. The number of anilines is 2. The van der Waals surface area contributed by atoms with Crippen LogP contribution < -0.4 is 5.32 Å². The van der Waals surface area contributed by atoms with Gasteiger partial charge in [0.1, 0.15) is 0 Å². The second-order valence-electron chi connectivity index (χ2n) is 5.96. The molecular weight excluding hydrogens is 274 g/mol. The molecule has 2 heterocycles. The number of hydrogen-bond donors (Lipinski definition) is 1. The number of nitrogens with zero attached hydrogens (tertiary/aromatic N) is 2. The molecule has 0 spiro atoms. The van der Waals surface area contributed by atoms with E-state index in [0.29, 0.717) is 5.56 Å². The summed E-state index contributed by atoms with van der Waals surface area (Å²) < 4.78 is 0. The topological polar surface area (TPSA) is 45.2 Å². The number of hydrogen-bond acceptors (Lipinski definition) is 3. The second kappa shape index (κ2) is 6.18. The lowest BCUT2D eigenvalue weighted by Gasteiger charge is -2.15. The number of aromatic nitrogens is 1. The maximum atomic E-state index is 12.4. The van der Waals surface area contributed by atoms with Crippen LogP contribution in [0.15, 0.2) is 36.7 Å². The Morgan fingerprint density at radius 1 is 1.00 bits per heavy atom. The molecule has 0 radical (unpaired) electrons. The predicted octanol–water partition coefficient (Wildman–Crippen LogP) is 3.68. The average molecular weight is 295 g/mol. The third-order valence-corrected chi connectivity index (χ3v) is 3.89. The van der Waals surface area contributed by atoms with E-state index in [4.69, 9.17) is 0 Å². The molecule has 1 amide bonds. The van der Waals surface area contributed by atoms with Crippen LogP contribution in [0.3, 0.4) is 0 Å². The van der Waals surface area contributed by atoms with E-state index >= 15 is 0 Å². The van der Waals surface area contributed by atoms with Gasteiger partial charge in [-0.25, -0.2) is 0 Å². The zero-order chi connectivity index (χ0) is 15.5. The normalized spacial score (nSPS) is 14.2. The molecule has 4 heteroatoms. The minimum atomic E-state index is 0.0778. The molecule has 1 aromatic carbocycles. The standard InChI is InChI=1S/C18H21N3O/c1-13-7-14(2)9-16(8-13)20-17-10-15(11-19-12-17)18(22)21-5-3-4-6-21/h7-12,20H,3-6H2,1-2H3. The largest absolute Gasteiger partial charge is 0.354 e. The summed E-state index contributed by atoms with van der Waals surface area (Å²) in [6.45, 7) is 5.86. The number of carbonyl (C=O) groups excluding carboxylic acids is 1. The van der Waals surface area contributed by atoms with Crippen LogP contribution in [-0.2, 0) is 0 Å². The molecule has 1 fully saturated rings. The molecule has 1 aromatic heterocycles. The van der Waals surface area contributed by atoms with Crippen molar-refractivity contribution in [2.24, 2.45) is 0 Å². The van der Waals surface area contributed by atoms with Crippen molar-refractivity contribution in [3.63, 3.8) is 0 Å². The SMILES string of the molecule is Cc1cc(C)cc(Nc2cncc(C(=O)N3CCCC3)c2)c1. The van der Waals surface area contributed by atoms with Gasteiger partial charge in [0.25, 0.3) is 5.91 Å². The number of benzene rings is 1. The molecule has 3 rings (SSSR count). The van der Waals surface area contributed by atoms with Gasteiger partial charge in [-0.05, 0) is 56.0 Å². The van der Waals surface area contributed by atoms with Crippen LogP contribution in [0.5, 0.6) is 0 Å². The minimum Gasteiger partial charge on any atom is -0.354 e. The lowest BCUT2D eigenvalue weighted by atomic mass is 10.1. The van der Waals surface area contributed by atoms with E-state index in [1.165, 1.54) is 11.1 Å². The van der Waals surface area contributed by atoms with Gasteiger partial charge in [-0.2, -0.15) is 0 Å². The number of nitrogens with one attached hydrogen (secondary N) is 1. The molecule has 1 aliphatic rings. The van der Waals surface area contributed by atoms with Gasteiger partial charge >= 0.3 is 0 Å². The number of likely N-dealkylation sites (tertiary alicyclic amines) is 1. The third-order valence-electron chi connectivity index (χ3n) is 3.89. The first-order chi connectivity index (χ1) is 10.6. The van der Waals surface area contributed by atoms with Crippen LogP contribution in [-0.4, -0.2) is 28.9 Å². The van der Waals surface area contributed by atoms with Crippen LogP contribution in [0, 0.1) is 13.8 Å². The van der Waals surface area contributed by atoms with Gasteiger partial charge in [-0.1, -0.05) is 6.07 Å². The summed E-state index contributed by atoms with van der Waals surface area (Å²) in [4.78, 5) is 18.5. The summed E-state index contributed by atoms with van der Waals surface area (Å²) in [5.74, 6) is 0.0778. The summed E-state index contributed by atoms with van der Waals surface area (Å²) >= 11 is 0. The van der Waals surface area contributed by atoms with Gasteiger partial charge in [0, 0.05) is 25.0 Å². The molecule has 22 heavy (non-hydrogen) atoms. The lowest BCUT2D eigenvalue weighted by Crippen LogP contribution is -2.27. The molecule has 0 saturated carbocycles. The van der Waals surface area contributed by atoms with Crippen molar-refractivity contribution in [1.29, 1.82) is 0 Å². The molecule has 0 bridgehead atoms. The maximum Gasteiger partial charge on any atom is 0.255 e. The number of pyridine rings is 1. The monoisotopic (exact) mass is 295 g/mol. The average Bonchev–Trinajstić information content (AvgIpc) is 3.00. The zero-order valence-corrected chi connectivity index (χ0v) is 13.1. The quantitative estimate of drug-likeness (QED) is 0.939. The predicted molar refractivity (Wildman–Crippen MR) is 88.6 cm³/mol. The van der Waals surface area contributed by atoms with Crippen LogP contribution in [0.2, 0.25) is 0 Å². The minimum absolute atomic E-state index is 0.0778. The molecule has 0 atom stereocenters. The summed E-state index contributed by atoms with van der Waals surface area (Å²) in [5.41, 5.74) is 4.93. The summed E-state index contributed by atoms with van der Waals surface area (Å²) in [5, 5.41) is 3.34. The van der Waals surface area contributed by atoms with E-state index in [-0.39, 0.29) is 5.91 Å². The molecule has 1 aliphatic heterocycles. The van der Waals surface area contributed by atoms with E-state index in [1.54, 1.807) is 12.4 Å². The van der Waals surface area contributed by atoms with Crippen LogP contribution in [0.25, 0.3) is 0 Å². The van der Waals surface area contributed by atoms with Gasteiger partial charge in [0.05, 0.1) is 17.4 Å². The summed E-state index contributed by atoms with van der Waals surface area (Å²) in [6.07, 6.45) is 5.59. The maximum absolute atomic E-state index is 12.4. The highest BCUT2D eigenvalue weighted by Gasteiger charge is 2.19. The lowest BCUT2D eigenvalue weighted by molar-refractivity contribution is 0.0792. The first kappa shape index (κ1) is 14.6. The number of rotatable bonds is 3. The van der Waals surface area contributed by atoms with Gasteiger partial charge in [0.2, 0.25) is 0 Å². The fourth-order valence-corrected chi connectivity index (χ4v) is 2.94. The Kier molecular flexibility index (Phi) is 4.09. The van der Waals surface area contributed by atoms with E-state index in [1.807, 2.05) is 11.0 Å². The van der Waals surface area contributed by atoms with Crippen molar-refractivity contribution < 1.29 is 4.79 Å². The van der Waals surface area contributed by atoms with Crippen LogP contribution >= 0.6 is 0 Å². The molecule has 0 unspecified atom stereocenters. The highest BCUT2D eigenvalue weighted by atomic mass is 16.2. The number of amides is 1. The molecular formula is C18H21N3O. The number of aryl methyl sites for hydroxylation is 2. The van der Waals surface area contributed by atoms with Crippen molar-refractivity contribution in [3.8, 4) is 0 Å². The van der Waals surface area contributed by atoms with Crippen molar-refractivity contribution in [3.05, 3.63) is 53.3 Å². The van der Waals surface area contributed by atoms with Crippen molar-refractivity contribution in [2.45, 2.75) is 26.7 Å². The van der Waals surface area contributed by atoms with Crippen molar-refractivity contribution >= 4 is 17.3 Å². The molecule has 0 aliphatic carbocycles. The molecule has 4 nitrogen and oxygen atoms in total. The van der Waals surface area contributed by atoms with Gasteiger partial charge in [-0.3, -0.25) is 9.78 Å². The Hall–Kier alpha value is -2.36. The summed E-state index contributed by atoms with van der Waals surface area (Å²) in [7, 11) is 0. The van der Waals surface area contributed by atoms with Gasteiger partial charge in [0.15, 0.2) is 0 Å². The fraction of sp³-hybridized carbons (Fsp3) is 0.333. The fourth-order valence-electron chi connectivity index (χ4n) is 2.94. The second-order valence-corrected chi connectivity index (χ2v) is 5.96. The Bertz CT molecular complexity index is 670. The number of carbonyl (C=O) groups is 1. The van der Waals surface area contributed by atoms with Crippen LogP contribution in [0.1, 0.15) is 34.3 Å². The van der Waals surface area contributed by atoms with Gasteiger partial charge in [-0.15, -0.1) is 0 Å². The Morgan fingerprint density at radius 2 is 1.68 bits per heavy atom. The Labute approximate surface area is 131 Å². The highest BCUT2D eigenvalue weighted by molar-refractivity contribution is 5.95. The Morgan fingerprint density at radius 3 is 2.36 bits per heavy atom. The van der Waals surface area contributed by atoms with Gasteiger partial charge < -0.3 is 10.2 Å². The smallest absolute Gasteiger partial charge is 0.255 e. The summed E-state index contributed by atoms with van der Waals surface area (Å²) in [6, 6.07) is 8.19. The first-order valence-corrected chi connectivity index (χ1v) is 7.71.